The number of nitrogens with one attached hydrogen (secondary N) is 2. The molecule has 11 nitrogen and oxygen atoms in total. The molecule has 0 aliphatic heterocycles. The van der Waals surface area contributed by atoms with Crippen molar-refractivity contribution in [3.63, 3.8) is 0 Å². The summed E-state index contributed by atoms with van der Waals surface area (Å²) < 4.78 is 7.22. The number of carbonyl (C=O) groups is 1. The second kappa shape index (κ2) is 11.6. The number of H-pyrrole nitrogens is 1. The maximum atomic E-state index is 12.9. The molecule has 1 amide bonds. The van der Waals surface area contributed by atoms with Crippen LogP contribution in [0.3, 0.4) is 0 Å². The number of amides is 1. The Kier molecular flexibility index (Phi) is 7.85. The summed E-state index contributed by atoms with van der Waals surface area (Å²) in [4.78, 5) is 31.4. The number of carbonyl (C=O) groups excluding carboxylic acids is 1. The van der Waals surface area contributed by atoms with Crippen LogP contribution < -0.4 is 16.1 Å². The van der Waals surface area contributed by atoms with E-state index in [-0.39, 0.29) is 54.0 Å². The van der Waals surface area contributed by atoms with Gasteiger partial charge in [0, 0.05) is 32.1 Å². The molecular formula is C29H31N5O6. The fraction of sp³-hybridized carbons (Fsp3) is 0.276. The third-order valence-corrected chi connectivity index (χ3v) is 6.85. The molecule has 0 spiro atoms. The lowest BCUT2D eigenvalue weighted by Crippen LogP contribution is -2.30. The van der Waals surface area contributed by atoms with Crippen molar-refractivity contribution in [3.8, 4) is 11.5 Å². The molecule has 0 unspecified atom stereocenters. The van der Waals surface area contributed by atoms with Gasteiger partial charge in [0.1, 0.15) is 18.1 Å². The smallest absolute Gasteiger partial charge is 0.409 e. The van der Waals surface area contributed by atoms with E-state index in [1.807, 2.05) is 41.1 Å². The number of aliphatic hydroxyl groups is 1. The Morgan fingerprint density at radius 2 is 1.82 bits per heavy atom. The molecule has 1 heterocycles. The van der Waals surface area contributed by atoms with Gasteiger partial charge in [0.25, 0.3) is 0 Å². The van der Waals surface area contributed by atoms with Crippen LogP contribution in [0.1, 0.15) is 5.56 Å². The Morgan fingerprint density at radius 1 is 1.02 bits per heavy atom. The number of ether oxygens (including phenoxy) is 1. The van der Waals surface area contributed by atoms with E-state index >= 15 is 0 Å². The average molecular weight is 546 g/mol. The van der Waals surface area contributed by atoms with Gasteiger partial charge in [-0.2, -0.15) is 0 Å². The van der Waals surface area contributed by atoms with Crippen molar-refractivity contribution in [2.45, 2.75) is 13.2 Å². The first-order valence-corrected chi connectivity index (χ1v) is 13.0. The zero-order valence-electron chi connectivity index (χ0n) is 22.1. The predicted molar refractivity (Wildman–Crippen MR) is 152 cm³/mol. The quantitative estimate of drug-likeness (QED) is 0.133. The largest absolute Gasteiger partial charge is 0.507 e. The molecule has 5 N–H and O–H groups in total. The average Bonchev–Trinajstić information content (AvgIpc) is 3.33. The molecule has 5 rings (SSSR count). The molecule has 0 aliphatic carbocycles. The van der Waals surface area contributed by atoms with E-state index in [1.165, 1.54) is 17.0 Å². The standard InChI is InChI=1S/C29H31N5O6/c1-33(29(39)40-17-18-5-3-2-4-6-18)14-12-31-19-7-8-20-24-23(19)28(38)26-22(37)10-9-21(36)25(26)27(24)32-34(20)15-11-30-13-16-35/h2-10,30,32,35,37-38H,11-17H2,1H3. The third kappa shape index (κ3) is 5.16. The van der Waals surface area contributed by atoms with Crippen molar-refractivity contribution < 1.29 is 24.9 Å². The predicted octanol–water partition coefficient (Wildman–Crippen LogP) is 2.24. The van der Waals surface area contributed by atoms with Gasteiger partial charge in [0.2, 0.25) is 0 Å². The van der Waals surface area contributed by atoms with Gasteiger partial charge in [-0.25, -0.2) is 4.79 Å². The lowest BCUT2D eigenvalue weighted by Gasteiger charge is -2.16. The first kappa shape index (κ1) is 27.0. The number of nitrogens with zero attached hydrogens (tertiary/aromatic N) is 3. The summed E-state index contributed by atoms with van der Waals surface area (Å²) >= 11 is 0. The van der Waals surface area contributed by atoms with Gasteiger partial charge in [0.05, 0.1) is 52.2 Å². The normalized spacial score (nSPS) is 12.1. The van der Waals surface area contributed by atoms with Crippen LogP contribution in [0.15, 0.2) is 64.4 Å². The number of benzene rings is 4. The number of aliphatic hydroxyl groups excluding tert-OH is 1. The van der Waals surface area contributed by atoms with Crippen molar-refractivity contribution in [1.82, 2.24) is 20.0 Å². The van der Waals surface area contributed by atoms with E-state index in [2.05, 4.69) is 15.4 Å². The van der Waals surface area contributed by atoms with Crippen LogP contribution in [0.2, 0.25) is 0 Å². The number of rotatable bonds is 10. The van der Waals surface area contributed by atoms with Crippen molar-refractivity contribution >= 4 is 38.7 Å². The zero-order chi connectivity index (χ0) is 28.2. The molecule has 208 valence electrons. The topological polar surface area (TPSA) is 152 Å². The highest BCUT2D eigenvalue weighted by molar-refractivity contribution is 6.23. The number of aromatic hydroxyl groups is 2. The van der Waals surface area contributed by atoms with E-state index in [9.17, 15) is 19.8 Å². The first-order chi connectivity index (χ1) is 19.4. The highest BCUT2D eigenvalue weighted by Crippen LogP contribution is 2.41. The van der Waals surface area contributed by atoms with Gasteiger partial charge < -0.3 is 30.3 Å². The Hall–Kier alpha value is -4.61. The fourth-order valence-corrected chi connectivity index (χ4v) is 4.86. The summed E-state index contributed by atoms with van der Waals surface area (Å²) in [5, 5.41) is 39.1. The number of fused-ring (bicyclic) bond motifs is 2. The van der Waals surface area contributed by atoms with E-state index < -0.39 is 6.09 Å². The number of hydrogen-bond donors (Lipinski definition) is 5. The number of hydrogen-bond acceptors (Lipinski definition) is 8. The minimum absolute atomic E-state index is 0.0192. The molecule has 4 aromatic carbocycles. The SMILES string of the molecule is CN(CCN=c1ccc2c3c1c(O)c1c(O)ccc(=O)c1c3[nH]n2CCNCCO)C(=O)OCc1ccccc1. The molecule has 0 fully saturated rings. The summed E-state index contributed by atoms with van der Waals surface area (Å²) in [6.45, 7) is 2.20. The lowest BCUT2D eigenvalue weighted by molar-refractivity contribution is 0.105. The van der Waals surface area contributed by atoms with E-state index in [1.54, 1.807) is 13.1 Å². The number of likely N-dealkylation sites (N-methyl/N-ethyl adjacent to an activating group) is 1. The maximum absolute atomic E-state index is 12.9. The van der Waals surface area contributed by atoms with Gasteiger partial charge in [-0.3, -0.25) is 19.6 Å². The first-order valence-electron chi connectivity index (χ1n) is 13.0. The van der Waals surface area contributed by atoms with E-state index in [0.717, 1.165) is 11.1 Å². The van der Waals surface area contributed by atoms with Crippen LogP contribution in [-0.2, 0) is 17.9 Å². The Morgan fingerprint density at radius 3 is 2.60 bits per heavy atom. The molecule has 0 atom stereocenters. The van der Waals surface area contributed by atoms with Crippen molar-refractivity contribution in [1.29, 1.82) is 0 Å². The van der Waals surface area contributed by atoms with Crippen LogP contribution in [0.5, 0.6) is 11.5 Å². The van der Waals surface area contributed by atoms with Gasteiger partial charge in [-0.1, -0.05) is 30.3 Å². The van der Waals surface area contributed by atoms with Gasteiger partial charge in [-0.15, -0.1) is 0 Å². The highest BCUT2D eigenvalue weighted by Gasteiger charge is 2.22. The summed E-state index contributed by atoms with van der Waals surface area (Å²) in [5.74, 6) is -0.449. The molecule has 0 bridgehead atoms. The summed E-state index contributed by atoms with van der Waals surface area (Å²) in [7, 11) is 1.63. The minimum Gasteiger partial charge on any atom is -0.507 e. The second-order valence-electron chi connectivity index (χ2n) is 9.49. The van der Waals surface area contributed by atoms with E-state index in [0.29, 0.717) is 41.3 Å². The number of phenolic OH excluding ortho intramolecular Hbond substituents is 2. The monoisotopic (exact) mass is 545 g/mol. The molecule has 0 radical (unpaired) electrons. The molecule has 1 aromatic heterocycles. The summed E-state index contributed by atoms with van der Waals surface area (Å²) in [6.07, 6.45) is -0.476. The zero-order valence-corrected chi connectivity index (χ0v) is 22.1. The van der Waals surface area contributed by atoms with Crippen molar-refractivity contribution in [3.05, 3.63) is 75.7 Å². The number of aromatic amines is 1. The van der Waals surface area contributed by atoms with Crippen LogP contribution in [0.4, 0.5) is 4.79 Å². The second-order valence-corrected chi connectivity index (χ2v) is 9.49. The Bertz CT molecular complexity index is 1780. The van der Waals surface area contributed by atoms with Gasteiger partial charge >= 0.3 is 6.09 Å². The van der Waals surface area contributed by atoms with Crippen molar-refractivity contribution in [2.75, 3.05) is 39.8 Å². The van der Waals surface area contributed by atoms with Gasteiger partial charge in [-0.05, 0) is 29.8 Å². The van der Waals surface area contributed by atoms with E-state index in [4.69, 9.17) is 9.84 Å². The maximum Gasteiger partial charge on any atom is 0.409 e. The molecular weight excluding hydrogens is 514 g/mol. The number of phenols is 2. The molecule has 0 aliphatic rings. The highest BCUT2D eigenvalue weighted by atomic mass is 16.6. The molecule has 11 heteroatoms. The molecule has 0 saturated heterocycles. The Labute approximate surface area is 228 Å². The van der Waals surface area contributed by atoms with Crippen molar-refractivity contribution in [2.24, 2.45) is 4.99 Å². The van der Waals surface area contributed by atoms with Crippen LogP contribution >= 0.6 is 0 Å². The fourth-order valence-electron chi connectivity index (χ4n) is 4.86. The number of aromatic nitrogens is 2. The minimum atomic E-state index is -0.476. The van der Waals surface area contributed by atoms with Crippen LogP contribution in [0, 0.1) is 0 Å². The lowest BCUT2D eigenvalue weighted by atomic mass is 9.99. The van der Waals surface area contributed by atoms with Crippen LogP contribution in [0.25, 0.3) is 32.6 Å². The molecule has 0 saturated carbocycles. The van der Waals surface area contributed by atoms with Gasteiger partial charge in [0.15, 0.2) is 5.43 Å². The summed E-state index contributed by atoms with van der Waals surface area (Å²) in [5.41, 5.74) is 1.79. The molecule has 5 aromatic rings. The van der Waals surface area contributed by atoms with Crippen LogP contribution in [-0.4, -0.2) is 75.9 Å². The third-order valence-electron chi connectivity index (χ3n) is 6.85. The Balaban J connectivity index is 1.49. The molecule has 40 heavy (non-hydrogen) atoms. The summed E-state index contributed by atoms with van der Waals surface area (Å²) in [6, 6.07) is 15.6.